The standard InChI is InChI=1S/C20H20F2N2O5/c1-2-28-16-8-11(6-7-15(16)29-20(21)22)14(9-17(25)26)24-10-12-4-3-5-13(23)18(12)19(24)27/h3-8,14,20H,2,9-10,23H2,1H3,(H,25,26). The van der Waals surface area contributed by atoms with Gasteiger partial charge in [-0.05, 0) is 36.2 Å². The van der Waals surface area contributed by atoms with Crippen LogP contribution in [-0.2, 0) is 11.3 Å². The zero-order valence-electron chi connectivity index (χ0n) is 15.6. The van der Waals surface area contributed by atoms with E-state index in [0.29, 0.717) is 22.4 Å². The molecule has 0 radical (unpaired) electrons. The first-order valence-electron chi connectivity index (χ1n) is 8.93. The summed E-state index contributed by atoms with van der Waals surface area (Å²) in [6.07, 6.45) is -0.375. The Morgan fingerprint density at radius 3 is 2.66 bits per heavy atom. The van der Waals surface area contributed by atoms with E-state index in [2.05, 4.69) is 4.74 Å². The van der Waals surface area contributed by atoms with Crippen LogP contribution in [0.3, 0.4) is 0 Å². The number of halogens is 2. The van der Waals surface area contributed by atoms with Crippen molar-refractivity contribution >= 4 is 17.6 Å². The molecule has 9 heteroatoms. The monoisotopic (exact) mass is 406 g/mol. The highest BCUT2D eigenvalue weighted by Crippen LogP contribution is 2.39. The van der Waals surface area contributed by atoms with Crippen LogP contribution in [0.4, 0.5) is 14.5 Å². The van der Waals surface area contributed by atoms with E-state index < -0.39 is 18.6 Å². The van der Waals surface area contributed by atoms with Crippen LogP contribution in [0.1, 0.15) is 40.9 Å². The first kappa shape index (κ1) is 20.4. The summed E-state index contributed by atoms with van der Waals surface area (Å²) in [5.74, 6) is -1.61. The van der Waals surface area contributed by atoms with Gasteiger partial charge in [0.25, 0.3) is 5.91 Å². The van der Waals surface area contributed by atoms with E-state index >= 15 is 0 Å². The number of carboxylic acids is 1. The average molecular weight is 406 g/mol. The molecule has 1 unspecified atom stereocenters. The molecule has 1 amide bonds. The number of carbonyl (C=O) groups excluding carboxylic acids is 1. The van der Waals surface area contributed by atoms with Crippen molar-refractivity contribution in [1.29, 1.82) is 0 Å². The molecule has 0 aliphatic carbocycles. The van der Waals surface area contributed by atoms with Crippen molar-refractivity contribution in [1.82, 2.24) is 4.90 Å². The van der Waals surface area contributed by atoms with Gasteiger partial charge in [0.05, 0.1) is 24.6 Å². The number of aliphatic carboxylic acids is 1. The molecule has 0 spiro atoms. The van der Waals surface area contributed by atoms with Gasteiger partial charge in [0.2, 0.25) is 0 Å². The quantitative estimate of drug-likeness (QED) is 0.651. The molecule has 1 atom stereocenters. The second-order valence-corrected chi connectivity index (χ2v) is 6.45. The molecule has 7 nitrogen and oxygen atoms in total. The zero-order valence-corrected chi connectivity index (χ0v) is 15.6. The van der Waals surface area contributed by atoms with Crippen LogP contribution in [-0.4, -0.2) is 35.1 Å². The van der Waals surface area contributed by atoms with Gasteiger partial charge in [0.1, 0.15) is 0 Å². The Morgan fingerprint density at radius 2 is 2.03 bits per heavy atom. The number of nitrogens with zero attached hydrogens (tertiary/aromatic N) is 1. The van der Waals surface area contributed by atoms with E-state index in [0.717, 1.165) is 0 Å². The molecule has 0 aromatic heterocycles. The highest BCUT2D eigenvalue weighted by atomic mass is 19.3. The summed E-state index contributed by atoms with van der Waals surface area (Å²) >= 11 is 0. The molecule has 2 aromatic carbocycles. The summed E-state index contributed by atoms with van der Waals surface area (Å²) < 4.78 is 35.1. The third-order valence-electron chi connectivity index (χ3n) is 4.61. The number of hydrogen-bond donors (Lipinski definition) is 2. The number of fused-ring (bicyclic) bond motifs is 1. The fourth-order valence-electron chi connectivity index (χ4n) is 3.43. The van der Waals surface area contributed by atoms with Crippen LogP contribution in [0, 0.1) is 0 Å². The zero-order chi connectivity index (χ0) is 21.1. The molecule has 3 N–H and O–H groups in total. The van der Waals surface area contributed by atoms with Crippen molar-refractivity contribution in [3.63, 3.8) is 0 Å². The van der Waals surface area contributed by atoms with Gasteiger partial charge in [-0.15, -0.1) is 0 Å². The molecule has 0 saturated heterocycles. The predicted octanol–water partition coefficient (Wildman–Crippen LogP) is 3.44. The maximum atomic E-state index is 12.9. The van der Waals surface area contributed by atoms with Gasteiger partial charge in [-0.3, -0.25) is 9.59 Å². The van der Waals surface area contributed by atoms with E-state index in [9.17, 15) is 23.5 Å². The van der Waals surface area contributed by atoms with Gasteiger partial charge in [0, 0.05) is 12.2 Å². The summed E-state index contributed by atoms with van der Waals surface area (Å²) in [6.45, 7) is -0.975. The van der Waals surface area contributed by atoms with E-state index in [-0.39, 0.29) is 37.0 Å². The molecule has 1 aliphatic rings. The fourth-order valence-corrected chi connectivity index (χ4v) is 3.43. The Labute approximate surface area is 165 Å². The Kier molecular flexibility index (Phi) is 5.86. The molecule has 29 heavy (non-hydrogen) atoms. The Hall–Kier alpha value is -3.36. The number of nitrogen functional groups attached to an aromatic ring is 1. The number of ether oxygens (including phenoxy) is 2. The van der Waals surface area contributed by atoms with E-state index in [1.165, 1.54) is 23.1 Å². The number of hydrogen-bond acceptors (Lipinski definition) is 5. The summed E-state index contributed by atoms with van der Waals surface area (Å²) in [5.41, 5.74) is 7.72. The topological polar surface area (TPSA) is 102 Å². The minimum atomic E-state index is -3.03. The minimum absolute atomic E-state index is 0.0457. The lowest BCUT2D eigenvalue weighted by Gasteiger charge is -2.27. The van der Waals surface area contributed by atoms with Crippen LogP contribution >= 0.6 is 0 Å². The summed E-state index contributed by atoms with van der Waals surface area (Å²) in [6, 6.07) is 8.40. The van der Waals surface area contributed by atoms with Crippen LogP contribution in [0.15, 0.2) is 36.4 Å². The lowest BCUT2D eigenvalue weighted by molar-refractivity contribution is -0.138. The molecule has 0 fully saturated rings. The summed E-state index contributed by atoms with van der Waals surface area (Å²) in [4.78, 5) is 25.8. The average Bonchev–Trinajstić information content (AvgIpc) is 2.98. The smallest absolute Gasteiger partial charge is 0.387 e. The number of amides is 1. The van der Waals surface area contributed by atoms with Crippen LogP contribution in [0.25, 0.3) is 0 Å². The van der Waals surface area contributed by atoms with E-state index in [1.54, 1.807) is 25.1 Å². The van der Waals surface area contributed by atoms with Crippen LogP contribution in [0.5, 0.6) is 11.5 Å². The number of rotatable bonds is 8. The number of nitrogens with two attached hydrogens (primary N) is 1. The lowest BCUT2D eigenvalue weighted by Crippen LogP contribution is -2.31. The third kappa shape index (κ3) is 4.23. The first-order valence-corrected chi connectivity index (χ1v) is 8.93. The van der Waals surface area contributed by atoms with Gasteiger partial charge in [-0.2, -0.15) is 8.78 Å². The van der Waals surface area contributed by atoms with Crippen molar-refractivity contribution < 1.29 is 33.0 Å². The lowest BCUT2D eigenvalue weighted by atomic mass is 10.0. The van der Waals surface area contributed by atoms with Gasteiger partial charge in [-0.1, -0.05) is 18.2 Å². The Bertz CT molecular complexity index is 935. The van der Waals surface area contributed by atoms with Crippen molar-refractivity contribution in [2.45, 2.75) is 32.5 Å². The molecular formula is C20H20F2N2O5. The van der Waals surface area contributed by atoms with Gasteiger partial charge in [0.15, 0.2) is 11.5 Å². The number of carbonyl (C=O) groups is 2. The van der Waals surface area contributed by atoms with E-state index in [1.807, 2.05) is 0 Å². The number of anilines is 1. The Balaban J connectivity index is 2.00. The van der Waals surface area contributed by atoms with Crippen molar-refractivity contribution in [2.75, 3.05) is 12.3 Å². The van der Waals surface area contributed by atoms with Crippen LogP contribution in [0.2, 0.25) is 0 Å². The SMILES string of the molecule is CCOc1cc(C(CC(=O)O)N2Cc3cccc(N)c3C2=O)ccc1OC(F)F. The highest BCUT2D eigenvalue weighted by Gasteiger charge is 2.36. The molecule has 3 rings (SSSR count). The molecule has 0 bridgehead atoms. The highest BCUT2D eigenvalue weighted by molar-refractivity contribution is 6.03. The first-order chi connectivity index (χ1) is 13.8. The van der Waals surface area contributed by atoms with Gasteiger partial charge >= 0.3 is 12.6 Å². The third-order valence-corrected chi connectivity index (χ3v) is 4.61. The second-order valence-electron chi connectivity index (χ2n) is 6.45. The van der Waals surface area contributed by atoms with E-state index in [4.69, 9.17) is 10.5 Å². The van der Waals surface area contributed by atoms with Crippen LogP contribution < -0.4 is 15.2 Å². The number of alkyl halides is 2. The summed E-state index contributed by atoms with van der Waals surface area (Å²) in [5, 5.41) is 9.39. The molecule has 2 aromatic rings. The molecule has 154 valence electrons. The largest absolute Gasteiger partial charge is 0.490 e. The molecule has 1 aliphatic heterocycles. The predicted molar refractivity (Wildman–Crippen MR) is 100.0 cm³/mol. The summed E-state index contributed by atoms with van der Waals surface area (Å²) in [7, 11) is 0. The Morgan fingerprint density at radius 1 is 1.28 bits per heavy atom. The van der Waals surface area contributed by atoms with Gasteiger partial charge < -0.3 is 25.2 Å². The second kappa shape index (κ2) is 8.34. The number of benzene rings is 2. The molecule has 0 saturated carbocycles. The maximum Gasteiger partial charge on any atom is 0.387 e. The van der Waals surface area contributed by atoms with Crippen molar-refractivity contribution in [3.05, 3.63) is 53.1 Å². The van der Waals surface area contributed by atoms with Crippen molar-refractivity contribution in [3.8, 4) is 11.5 Å². The molecule has 1 heterocycles. The van der Waals surface area contributed by atoms with Gasteiger partial charge in [-0.25, -0.2) is 0 Å². The molecular weight excluding hydrogens is 386 g/mol. The fraction of sp³-hybridized carbons (Fsp3) is 0.300. The maximum absolute atomic E-state index is 12.9. The van der Waals surface area contributed by atoms with Crippen molar-refractivity contribution in [2.24, 2.45) is 0 Å². The minimum Gasteiger partial charge on any atom is -0.490 e. The normalized spacial score (nSPS) is 14.1. The number of carboxylic acid groups (broad SMARTS) is 1.